The Balaban J connectivity index is 1.72. The minimum absolute atomic E-state index is 0.230. The van der Waals surface area contributed by atoms with Crippen molar-refractivity contribution in [2.45, 2.75) is 12.8 Å². The highest BCUT2D eigenvalue weighted by molar-refractivity contribution is 5.78. The van der Waals surface area contributed by atoms with Gasteiger partial charge in [-0.15, -0.1) is 0 Å². The van der Waals surface area contributed by atoms with Crippen LogP contribution in [-0.2, 0) is 11.2 Å². The van der Waals surface area contributed by atoms with Gasteiger partial charge in [0.2, 0.25) is 5.91 Å². The van der Waals surface area contributed by atoms with E-state index in [2.05, 4.69) is 17.0 Å². The molecule has 1 aliphatic heterocycles. The molecule has 0 aromatic heterocycles. The number of hydrogen-bond donors (Lipinski definition) is 1. The number of hydrogen-bond acceptors (Lipinski definition) is 3. The molecule has 98 valence electrons. The molecule has 1 aliphatic rings. The first-order chi connectivity index (χ1) is 8.65. The Kier molecular flexibility index (Phi) is 4.20. The number of likely N-dealkylation sites (N-methyl/N-ethyl adjacent to an activating group) is 1. The van der Waals surface area contributed by atoms with E-state index in [-0.39, 0.29) is 5.91 Å². The maximum Gasteiger partial charge on any atom is 0.236 e. The third kappa shape index (κ3) is 3.47. The SMILES string of the molecule is CN1CCN(CCCc2ccc(N)cc2)CC1=O. The highest BCUT2D eigenvalue weighted by atomic mass is 16.2. The smallest absolute Gasteiger partial charge is 0.236 e. The van der Waals surface area contributed by atoms with Gasteiger partial charge in [0.25, 0.3) is 0 Å². The minimum Gasteiger partial charge on any atom is -0.399 e. The summed E-state index contributed by atoms with van der Waals surface area (Å²) in [5, 5.41) is 0. The molecule has 4 heteroatoms. The van der Waals surface area contributed by atoms with Crippen LogP contribution in [-0.4, -0.2) is 48.9 Å². The van der Waals surface area contributed by atoms with Crippen LogP contribution in [0, 0.1) is 0 Å². The largest absolute Gasteiger partial charge is 0.399 e. The van der Waals surface area contributed by atoms with Gasteiger partial charge >= 0.3 is 0 Å². The molecule has 0 atom stereocenters. The van der Waals surface area contributed by atoms with Gasteiger partial charge < -0.3 is 10.6 Å². The molecule has 0 radical (unpaired) electrons. The van der Waals surface area contributed by atoms with E-state index in [1.54, 1.807) is 4.90 Å². The first kappa shape index (κ1) is 12.9. The van der Waals surface area contributed by atoms with Gasteiger partial charge in [-0.3, -0.25) is 9.69 Å². The Hall–Kier alpha value is -1.55. The fraction of sp³-hybridized carbons (Fsp3) is 0.500. The first-order valence-corrected chi connectivity index (χ1v) is 6.46. The van der Waals surface area contributed by atoms with Crippen LogP contribution in [0.15, 0.2) is 24.3 Å². The quantitative estimate of drug-likeness (QED) is 0.807. The standard InChI is InChI=1S/C14H21N3O/c1-16-9-10-17(11-14(16)18)8-2-3-12-4-6-13(15)7-5-12/h4-7H,2-3,8-11,15H2,1H3. The Morgan fingerprint density at radius 1 is 1.22 bits per heavy atom. The van der Waals surface area contributed by atoms with E-state index >= 15 is 0 Å². The molecule has 0 aliphatic carbocycles. The molecule has 1 amide bonds. The number of carbonyl (C=O) groups is 1. The number of nitrogen functional groups attached to an aromatic ring is 1. The lowest BCUT2D eigenvalue weighted by Gasteiger charge is -2.31. The first-order valence-electron chi connectivity index (χ1n) is 6.46. The lowest BCUT2D eigenvalue weighted by Crippen LogP contribution is -2.48. The van der Waals surface area contributed by atoms with Crippen LogP contribution >= 0.6 is 0 Å². The van der Waals surface area contributed by atoms with Crippen molar-refractivity contribution in [3.63, 3.8) is 0 Å². The van der Waals surface area contributed by atoms with Gasteiger partial charge in [0.15, 0.2) is 0 Å². The third-order valence-electron chi connectivity index (χ3n) is 3.46. The number of anilines is 1. The zero-order chi connectivity index (χ0) is 13.0. The fourth-order valence-electron chi connectivity index (χ4n) is 2.19. The van der Waals surface area contributed by atoms with Crippen molar-refractivity contribution in [1.82, 2.24) is 9.80 Å². The number of nitrogens with two attached hydrogens (primary N) is 1. The third-order valence-corrected chi connectivity index (χ3v) is 3.46. The minimum atomic E-state index is 0.230. The second-order valence-corrected chi connectivity index (χ2v) is 4.94. The number of aryl methyl sites for hydroxylation is 1. The molecule has 18 heavy (non-hydrogen) atoms. The van der Waals surface area contributed by atoms with E-state index in [0.29, 0.717) is 6.54 Å². The van der Waals surface area contributed by atoms with Gasteiger partial charge in [0, 0.05) is 25.8 Å². The summed E-state index contributed by atoms with van der Waals surface area (Å²) < 4.78 is 0. The van der Waals surface area contributed by atoms with Gasteiger partial charge in [-0.05, 0) is 37.1 Å². The molecular formula is C14H21N3O. The highest BCUT2D eigenvalue weighted by Crippen LogP contribution is 2.09. The summed E-state index contributed by atoms with van der Waals surface area (Å²) in [7, 11) is 1.87. The molecule has 0 unspecified atom stereocenters. The van der Waals surface area contributed by atoms with Crippen molar-refractivity contribution in [2.24, 2.45) is 0 Å². The van der Waals surface area contributed by atoms with Crippen LogP contribution in [0.4, 0.5) is 5.69 Å². The molecule has 1 saturated heterocycles. The normalized spacial score (nSPS) is 17.2. The van der Waals surface area contributed by atoms with Crippen molar-refractivity contribution in [1.29, 1.82) is 0 Å². The molecule has 1 aromatic rings. The van der Waals surface area contributed by atoms with Gasteiger partial charge in [0.1, 0.15) is 0 Å². The number of benzene rings is 1. The molecule has 1 aromatic carbocycles. The van der Waals surface area contributed by atoms with Gasteiger partial charge in [-0.1, -0.05) is 12.1 Å². The molecule has 2 rings (SSSR count). The lowest BCUT2D eigenvalue weighted by atomic mass is 10.1. The van der Waals surface area contributed by atoms with E-state index in [0.717, 1.165) is 38.2 Å². The van der Waals surface area contributed by atoms with Gasteiger partial charge in [-0.2, -0.15) is 0 Å². The summed E-state index contributed by atoms with van der Waals surface area (Å²) in [4.78, 5) is 15.6. The maximum absolute atomic E-state index is 11.5. The zero-order valence-corrected chi connectivity index (χ0v) is 10.9. The van der Waals surface area contributed by atoms with Crippen LogP contribution in [0.1, 0.15) is 12.0 Å². The summed E-state index contributed by atoms with van der Waals surface area (Å²) >= 11 is 0. The van der Waals surface area contributed by atoms with Crippen molar-refractivity contribution in [2.75, 3.05) is 39.0 Å². The summed E-state index contributed by atoms with van der Waals surface area (Å²) in [6, 6.07) is 8.03. The zero-order valence-electron chi connectivity index (χ0n) is 10.9. The molecular weight excluding hydrogens is 226 g/mol. The summed E-state index contributed by atoms with van der Waals surface area (Å²) in [6.07, 6.45) is 2.13. The number of carbonyl (C=O) groups excluding carboxylic acids is 1. The average Bonchev–Trinajstić information content (AvgIpc) is 2.36. The molecule has 1 fully saturated rings. The lowest BCUT2D eigenvalue weighted by molar-refractivity contribution is -0.134. The molecule has 4 nitrogen and oxygen atoms in total. The highest BCUT2D eigenvalue weighted by Gasteiger charge is 2.19. The average molecular weight is 247 g/mol. The number of amides is 1. The second-order valence-electron chi connectivity index (χ2n) is 4.94. The van der Waals surface area contributed by atoms with Crippen molar-refractivity contribution >= 4 is 11.6 Å². The van der Waals surface area contributed by atoms with E-state index < -0.39 is 0 Å². The molecule has 0 spiro atoms. The number of rotatable bonds is 4. The van der Waals surface area contributed by atoms with Gasteiger partial charge in [0.05, 0.1) is 6.54 Å². The monoisotopic (exact) mass is 247 g/mol. The maximum atomic E-state index is 11.5. The summed E-state index contributed by atoms with van der Waals surface area (Å²) in [6.45, 7) is 3.40. The molecule has 0 bridgehead atoms. The molecule has 0 saturated carbocycles. The summed E-state index contributed by atoms with van der Waals surface area (Å²) in [5.74, 6) is 0.230. The predicted molar refractivity (Wildman–Crippen MR) is 73.3 cm³/mol. The van der Waals surface area contributed by atoms with Crippen molar-refractivity contribution in [3.05, 3.63) is 29.8 Å². The molecule has 2 N–H and O–H groups in total. The van der Waals surface area contributed by atoms with Crippen molar-refractivity contribution < 1.29 is 4.79 Å². The topological polar surface area (TPSA) is 49.6 Å². The van der Waals surface area contributed by atoms with Crippen LogP contribution < -0.4 is 5.73 Å². The number of piperazine rings is 1. The van der Waals surface area contributed by atoms with E-state index in [1.807, 2.05) is 19.2 Å². The Bertz CT molecular complexity index is 402. The van der Waals surface area contributed by atoms with Gasteiger partial charge in [-0.25, -0.2) is 0 Å². The molecule has 1 heterocycles. The van der Waals surface area contributed by atoms with Crippen LogP contribution in [0.25, 0.3) is 0 Å². The Labute approximate surface area is 108 Å². The van der Waals surface area contributed by atoms with E-state index in [4.69, 9.17) is 5.73 Å². The Morgan fingerprint density at radius 3 is 2.61 bits per heavy atom. The van der Waals surface area contributed by atoms with Crippen LogP contribution in [0.5, 0.6) is 0 Å². The van der Waals surface area contributed by atoms with E-state index in [1.165, 1.54) is 5.56 Å². The predicted octanol–water partition coefficient (Wildman–Crippen LogP) is 0.975. The van der Waals surface area contributed by atoms with Crippen LogP contribution in [0.3, 0.4) is 0 Å². The van der Waals surface area contributed by atoms with Crippen molar-refractivity contribution in [3.8, 4) is 0 Å². The fourth-order valence-corrected chi connectivity index (χ4v) is 2.19. The summed E-state index contributed by atoms with van der Waals surface area (Å²) in [5.41, 5.74) is 7.77. The number of nitrogens with zero attached hydrogens (tertiary/aromatic N) is 2. The van der Waals surface area contributed by atoms with Crippen LogP contribution in [0.2, 0.25) is 0 Å². The second kappa shape index (κ2) is 5.87. The van der Waals surface area contributed by atoms with E-state index in [9.17, 15) is 4.79 Å². The Morgan fingerprint density at radius 2 is 1.94 bits per heavy atom.